The predicted molar refractivity (Wildman–Crippen MR) is 89.9 cm³/mol. The highest BCUT2D eigenvalue weighted by Gasteiger charge is 2.19. The van der Waals surface area contributed by atoms with Crippen LogP contribution >= 0.6 is 11.3 Å². The Kier molecular flexibility index (Phi) is 3.85. The van der Waals surface area contributed by atoms with Crippen molar-refractivity contribution in [2.75, 3.05) is 6.54 Å². The van der Waals surface area contributed by atoms with Gasteiger partial charge in [0, 0.05) is 60.3 Å². The van der Waals surface area contributed by atoms with Crippen molar-refractivity contribution in [3.8, 4) is 11.4 Å². The van der Waals surface area contributed by atoms with E-state index in [2.05, 4.69) is 25.2 Å². The Morgan fingerprint density at radius 3 is 3.00 bits per heavy atom. The smallest absolute Gasteiger partial charge is 0.160 e. The van der Waals surface area contributed by atoms with Gasteiger partial charge in [0.15, 0.2) is 5.82 Å². The van der Waals surface area contributed by atoms with Gasteiger partial charge < -0.3 is 0 Å². The minimum absolute atomic E-state index is 0.765. The van der Waals surface area contributed by atoms with Crippen molar-refractivity contribution in [3.05, 3.63) is 58.1 Å². The monoisotopic (exact) mass is 323 g/mol. The lowest BCUT2D eigenvalue weighted by molar-refractivity contribution is 0.242. The molecular weight excluding hydrogens is 306 g/mol. The molecule has 3 aromatic heterocycles. The standard InChI is InChI=1S/C17H17N5S/c1-12-11-23-16(20-12)10-22-6-4-15-14(9-22)8-19-17(21-15)13-3-2-5-18-7-13/h2-3,5,7-8,11H,4,6,9-10H2,1H3. The third kappa shape index (κ3) is 3.13. The van der Waals surface area contributed by atoms with E-state index in [4.69, 9.17) is 4.98 Å². The van der Waals surface area contributed by atoms with Gasteiger partial charge in [0.1, 0.15) is 5.01 Å². The fourth-order valence-electron chi connectivity index (χ4n) is 2.81. The van der Waals surface area contributed by atoms with Gasteiger partial charge in [0.05, 0.1) is 12.2 Å². The van der Waals surface area contributed by atoms with E-state index in [0.717, 1.165) is 48.8 Å². The van der Waals surface area contributed by atoms with Crippen LogP contribution in [0.15, 0.2) is 36.1 Å². The molecule has 0 radical (unpaired) electrons. The van der Waals surface area contributed by atoms with Crippen LogP contribution < -0.4 is 0 Å². The summed E-state index contributed by atoms with van der Waals surface area (Å²) in [5.41, 5.74) is 4.45. The first-order valence-electron chi connectivity index (χ1n) is 7.66. The van der Waals surface area contributed by atoms with Gasteiger partial charge >= 0.3 is 0 Å². The number of rotatable bonds is 3. The minimum Gasteiger partial charge on any atom is -0.292 e. The Morgan fingerprint density at radius 1 is 1.26 bits per heavy atom. The Morgan fingerprint density at radius 2 is 2.22 bits per heavy atom. The highest BCUT2D eigenvalue weighted by Crippen LogP contribution is 2.22. The van der Waals surface area contributed by atoms with Crippen molar-refractivity contribution in [2.24, 2.45) is 0 Å². The molecule has 5 nitrogen and oxygen atoms in total. The average molecular weight is 323 g/mol. The van der Waals surface area contributed by atoms with Crippen LogP contribution in [0.25, 0.3) is 11.4 Å². The van der Waals surface area contributed by atoms with Crippen molar-refractivity contribution in [3.63, 3.8) is 0 Å². The number of hydrogen-bond acceptors (Lipinski definition) is 6. The average Bonchev–Trinajstić information content (AvgIpc) is 3.00. The molecule has 0 N–H and O–H groups in total. The molecule has 4 rings (SSSR count). The fourth-order valence-corrected chi connectivity index (χ4v) is 3.62. The highest BCUT2D eigenvalue weighted by molar-refractivity contribution is 7.09. The molecule has 0 atom stereocenters. The zero-order chi connectivity index (χ0) is 15.6. The van der Waals surface area contributed by atoms with Gasteiger partial charge in [0.2, 0.25) is 0 Å². The molecule has 0 unspecified atom stereocenters. The maximum absolute atomic E-state index is 4.74. The molecule has 6 heteroatoms. The van der Waals surface area contributed by atoms with E-state index in [1.165, 1.54) is 10.6 Å². The van der Waals surface area contributed by atoms with Crippen LogP contribution in [0.2, 0.25) is 0 Å². The van der Waals surface area contributed by atoms with Gasteiger partial charge in [-0.15, -0.1) is 11.3 Å². The molecule has 116 valence electrons. The number of aryl methyl sites for hydroxylation is 1. The Labute approximate surface area is 139 Å². The second-order valence-electron chi connectivity index (χ2n) is 5.75. The number of hydrogen-bond donors (Lipinski definition) is 0. The Balaban J connectivity index is 1.52. The molecule has 23 heavy (non-hydrogen) atoms. The summed E-state index contributed by atoms with van der Waals surface area (Å²) in [5, 5.41) is 3.29. The summed E-state index contributed by atoms with van der Waals surface area (Å²) in [6.07, 6.45) is 6.49. The SMILES string of the molecule is Cc1csc(CN2CCc3nc(-c4cccnc4)ncc3C2)n1. The normalized spacial score (nSPS) is 14.7. The van der Waals surface area contributed by atoms with Gasteiger partial charge in [-0.1, -0.05) is 0 Å². The van der Waals surface area contributed by atoms with E-state index in [-0.39, 0.29) is 0 Å². The second kappa shape index (κ2) is 6.14. The molecular formula is C17H17N5S. The van der Waals surface area contributed by atoms with Crippen molar-refractivity contribution in [1.82, 2.24) is 24.8 Å². The molecule has 1 aliphatic heterocycles. The van der Waals surface area contributed by atoms with Crippen LogP contribution in [-0.4, -0.2) is 31.4 Å². The van der Waals surface area contributed by atoms with Crippen LogP contribution in [0.1, 0.15) is 22.0 Å². The van der Waals surface area contributed by atoms with Crippen LogP contribution in [0.5, 0.6) is 0 Å². The van der Waals surface area contributed by atoms with Crippen LogP contribution in [0.4, 0.5) is 0 Å². The summed E-state index contributed by atoms with van der Waals surface area (Å²) in [6.45, 7) is 4.85. The van der Waals surface area contributed by atoms with Crippen LogP contribution in [0.3, 0.4) is 0 Å². The summed E-state index contributed by atoms with van der Waals surface area (Å²) in [5.74, 6) is 0.765. The van der Waals surface area contributed by atoms with Crippen LogP contribution in [-0.2, 0) is 19.5 Å². The number of pyridine rings is 1. The van der Waals surface area contributed by atoms with Gasteiger partial charge in [0.25, 0.3) is 0 Å². The van der Waals surface area contributed by atoms with Crippen molar-refractivity contribution in [1.29, 1.82) is 0 Å². The fraction of sp³-hybridized carbons (Fsp3) is 0.294. The topological polar surface area (TPSA) is 54.8 Å². The van der Waals surface area contributed by atoms with Gasteiger partial charge in [-0.3, -0.25) is 9.88 Å². The summed E-state index contributed by atoms with van der Waals surface area (Å²) >= 11 is 1.73. The zero-order valence-corrected chi connectivity index (χ0v) is 13.8. The number of nitrogens with zero attached hydrogens (tertiary/aromatic N) is 5. The lowest BCUT2D eigenvalue weighted by Crippen LogP contribution is -2.30. The first kappa shape index (κ1) is 14.4. The molecule has 0 amide bonds. The van der Waals surface area contributed by atoms with E-state index < -0.39 is 0 Å². The Hall–Kier alpha value is -2.18. The largest absolute Gasteiger partial charge is 0.292 e. The first-order valence-corrected chi connectivity index (χ1v) is 8.54. The lowest BCUT2D eigenvalue weighted by Gasteiger charge is -2.27. The lowest BCUT2D eigenvalue weighted by atomic mass is 10.1. The highest BCUT2D eigenvalue weighted by atomic mass is 32.1. The molecule has 0 fully saturated rings. The molecule has 3 aromatic rings. The molecule has 1 aliphatic rings. The van der Waals surface area contributed by atoms with Gasteiger partial charge in [-0.05, 0) is 19.1 Å². The number of thiazole rings is 1. The molecule has 0 aliphatic carbocycles. The van der Waals surface area contributed by atoms with E-state index >= 15 is 0 Å². The molecule has 0 saturated heterocycles. The molecule has 0 spiro atoms. The van der Waals surface area contributed by atoms with Gasteiger partial charge in [-0.25, -0.2) is 15.0 Å². The number of fused-ring (bicyclic) bond motifs is 1. The van der Waals surface area contributed by atoms with E-state index in [1.807, 2.05) is 31.5 Å². The maximum atomic E-state index is 4.74. The summed E-state index contributed by atoms with van der Waals surface area (Å²) in [7, 11) is 0. The van der Waals surface area contributed by atoms with E-state index in [0.29, 0.717) is 0 Å². The minimum atomic E-state index is 0.765. The summed E-state index contributed by atoms with van der Waals surface area (Å²) < 4.78 is 0. The predicted octanol–water partition coefficient (Wildman–Crippen LogP) is 2.86. The van der Waals surface area contributed by atoms with E-state index in [1.54, 1.807) is 17.5 Å². The van der Waals surface area contributed by atoms with Crippen molar-refractivity contribution < 1.29 is 0 Å². The zero-order valence-electron chi connectivity index (χ0n) is 12.9. The summed E-state index contributed by atoms with van der Waals surface area (Å²) in [6, 6.07) is 3.91. The first-order chi connectivity index (χ1) is 11.3. The third-order valence-electron chi connectivity index (χ3n) is 3.96. The third-order valence-corrected chi connectivity index (χ3v) is 4.91. The second-order valence-corrected chi connectivity index (χ2v) is 6.69. The van der Waals surface area contributed by atoms with Crippen LogP contribution in [0, 0.1) is 6.92 Å². The molecule has 0 bridgehead atoms. The molecule has 4 heterocycles. The maximum Gasteiger partial charge on any atom is 0.160 e. The quantitative estimate of drug-likeness (QED) is 0.742. The van der Waals surface area contributed by atoms with Gasteiger partial charge in [-0.2, -0.15) is 0 Å². The summed E-state index contributed by atoms with van der Waals surface area (Å²) in [4.78, 5) is 20.4. The van der Waals surface area contributed by atoms with Crippen molar-refractivity contribution >= 4 is 11.3 Å². The molecule has 0 saturated carbocycles. The van der Waals surface area contributed by atoms with E-state index in [9.17, 15) is 0 Å². The van der Waals surface area contributed by atoms with Crippen molar-refractivity contribution in [2.45, 2.75) is 26.4 Å². The molecule has 0 aromatic carbocycles. The Bertz CT molecular complexity index is 815. The number of aromatic nitrogens is 4.